The van der Waals surface area contributed by atoms with Gasteiger partial charge in [0.05, 0.1) is 6.21 Å². The number of pyridine rings is 1. The second-order valence-corrected chi connectivity index (χ2v) is 4.55. The van der Waals surface area contributed by atoms with Crippen molar-refractivity contribution in [3.8, 4) is 0 Å². The minimum absolute atomic E-state index is 0.00791. The summed E-state index contributed by atoms with van der Waals surface area (Å²) >= 11 is 0. The van der Waals surface area contributed by atoms with Crippen LogP contribution in [0.4, 0.5) is 5.82 Å². The third-order valence-corrected chi connectivity index (χ3v) is 1.85. The lowest BCUT2D eigenvalue weighted by Crippen LogP contribution is -2.26. The molecule has 0 saturated heterocycles. The van der Waals surface area contributed by atoms with Crippen LogP contribution in [0.3, 0.4) is 0 Å². The lowest BCUT2D eigenvalue weighted by atomic mass is 10.1. The minimum atomic E-state index is -0.00791. The Labute approximate surface area is 90.0 Å². The van der Waals surface area contributed by atoms with Gasteiger partial charge in [0.25, 0.3) is 0 Å². The van der Waals surface area contributed by atoms with E-state index >= 15 is 0 Å². The first-order valence-corrected chi connectivity index (χ1v) is 4.84. The third-order valence-electron chi connectivity index (χ3n) is 1.85. The maximum Gasteiger partial charge on any atom is 0.126 e. The summed E-state index contributed by atoms with van der Waals surface area (Å²) < 4.78 is 0. The number of hydrogen-bond acceptors (Lipinski definition) is 4. The molecule has 0 aromatic carbocycles. The first kappa shape index (κ1) is 11.5. The van der Waals surface area contributed by atoms with E-state index < -0.39 is 0 Å². The molecule has 1 aromatic heterocycles. The van der Waals surface area contributed by atoms with Gasteiger partial charge in [0.15, 0.2) is 0 Å². The monoisotopic (exact) mass is 207 g/mol. The van der Waals surface area contributed by atoms with Crippen molar-refractivity contribution in [3.05, 3.63) is 23.4 Å². The van der Waals surface area contributed by atoms with Gasteiger partial charge in [-0.1, -0.05) is 5.16 Å². The molecule has 0 atom stereocenters. The van der Waals surface area contributed by atoms with Crippen molar-refractivity contribution in [1.82, 2.24) is 4.98 Å². The van der Waals surface area contributed by atoms with Gasteiger partial charge in [-0.05, 0) is 39.3 Å². The summed E-state index contributed by atoms with van der Waals surface area (Å²) in [6, 6.07) is 1.93. The summed E-state index contributed by atoms with van der Waals surface area (Å²) in [5, 5.41) is 14.7. The standard InChI is InChI=1S/C11H17N3O/c1-8-5-10(14-11(2,3)4)12-6-9(8)7-13-15/h5-7,15H,1-4H3,(H,12,14)/b13-7+. The molecule has 0 aliphatic rings. The molecule has 2 N–H and O–H groups in total. The Bertz CT molecular complexity index is 367. The average Bonchev–Trinajstić information content (AvgIpc) is 2.07. The Kier molecular flexibility index (Phi) is 3.29. The minimum Gasteiger partial charge on any atom is -0.411 e. The van der Waals surface area contributed by atoms with E-state index in [0.29, 0.717) is 0 Å². The quantitative estimate of drug-likeness (QED) is 0.445. The molecule has 82 valence electrons. The van der Waals surface area contributed by atoms with Crippen LogP contribution in [0.15, 0.2) is 17.4 Å². The van der Waals surface area contributed by atoms with Crippen molar-refractivity contribution in [2.45, 2.75) is 33.2 Å². The van der Waals surface area contributed by atoms with Crippen LogP contribution in [0, 0.1) is 6.92 Å². The summed E-state index contributed by atoms with van der Waals surface area (Å²) in [5.74, 6) is 0.829. The van der Waals surface area contributed by atoms with E-state index in [1.54, 1.807) is 6.20 Å². The number of nitrogens with one attached hydrogen (secondary N) is 1. The lowest BCUT2D eigenvalue weighted by Gasteiger charge is -2.21. The van der Waals surface area contributed by atoms with Gasteiger partial charge in [0, 0.05) is 17.3 Å². The molecule has 4 heteroatoms. The van der Waals surface area contributed by atoms with Gasteiger partial charge in [0.1, 0.15) is 5.82 Å². The molecule has 4 nitrogen and oxygen atoms in total. The van der Waals surface area contributed by atoms with Gasteiger partial charge in [0.2, 0.25) is 0 Å². The van der Waals surface area contributed by atoms with Crippen LogP contribution in [-0.4, -0.2) is 21.9 Å². The van der Waals surface area contributed by atoms with Crippen molar-refractivity contribution in [2.75, 3.05) is 5.32 Å². The molecule has 0 radical (unpaired) electrons. The van der Waals surface area contributed by atoms with E-state index in [0.717, 1.165) is 16.9 Å². The van der Waals surface area contributed by atoms with Crippen molar-refractivity contribution in [2.24, 2.45) is 5.16 Å². The van der Waals surface area contributed by atoms with Gasteiger partial charge in [-0.15, -0.1) is 0 Å². The Morgan fingerprint density at radius 2 is 2.13 bits per heavy atom. The zero-order valence-corrected chi connectivity index (χ0v) is 9.57. The molecule has 0 unspecified atom stereocenters. The van der Waals surface area contributed by atoms with Gasteiger partial charge in [-0.2, -0.15) is 0 Å². The van der Waals surface area contributed by atoms with Gasteiger partial charge in [-0.25, -0.2) is 4.98 Å². The zero-order valence-electron chi connectivity index (χ0n) is 9.57. The maximum absolute atomic E-state index is 8.43. The van der Waals surface area contributed by atoms with Crippen molar-refractivity contribution >= 4 is 12.0 Å². The van der Waals surface area contributed by atoms with Crippen LogP contribution in [-0.2, 0) is 0 Å². The molecule has 0 aliphatic carbocycles. The average molecular weight is 207 g/mol. The van der Waals surface area contributed by atoms with Crippen molar-refractivity contribution < 1.29 is 5.21 Å². The Morgan fingerprint density at radius 3 is 2.60 bits per heavy atom. The van der Waals surface area contributed by atoms with Crippen molar-refractivity contribution in [1.29, 1.82) is 0 Å². The fraction of sp³-hybridized carbons (Fsp3) is 0.455. The van der Waals surface area contributed by atoms with E-state index in [1.807, 2.05) is 13.0 Å². The number of rotatable bonds is 2. The molecule has 0 saturated carbocycles. The highest BCUT2D eigenvalue weighted by molar-refractivity contribution is 5.81. The molecule has 0 aliphatic heterocycles. The van der Waals surface area contributed by atoms with Gasteiger partial charge < -0.3 is 10.5 Å². The Morgan fingerprint density at radius 1 is 1.47 bits per heavy atom. The number of aryl methyl sites for hydroxylation is 1. The third kappa shape index (κ3) is 3.58. The maximum atomic E-state index is 8.43. The molecular weight excluding hydrogens is 190 g/mol. The van der Waals surface area contributed by atoms with Crippen LogP contribution in [0.2, 0.25) is 0 Å². The zero-order chi connectivity index (χ0) is 11.5. The summed E-state index contributed by atoms with van der Waals surface area (Å²) in [6.07, 6.45) is 3.06. The summed E-state index contributed by atoms with van der Waals surface area (Å²) in [4.78, 5) is 4.23. The highest BCUT2D eigenvalue weighted by atomic mass is 16.4. The SMILES string of the molecule is Cc1cc(NC(C)(C)C)ncc1/C=N/O. The lowest BCUT2D eigenvalue weighted by molar-refractivity contribution is 0.322. The predicted molar refractivity (Wildman–Crippen MR) is 61.7 cm³/mol. The second kappa shape index (κ2) is 4.29. The summed E-state index contributed by atoms with van der Waals surface area (Å²) in [5.41, 5.74) is 1.83. The Hall–Kier alpha value is -1.58. The number of nitrogens with zero attached hydrogens (tertiary/aromatic N) is 2. The fourth-order valence-electron chi connectivity index (χ4n) is 1.22. The smallest absolute Gasteiger partial charge is 0.126 e. The summed E-state index contributed by atoms with van der Waals surface area (Å²) in [6.45, 7) is 8.18. The molecule has 0 spiro atoms. The Balaban J connectivity index is 2.92. The normalized spacial score (nSPS) is 12.0. The van der Waals surface area contributed by atoms with Crippen LogP contribution < -0.4 is 5.32 Å². The molecule has 1 rings (SSSR count). The first-order valence-electron chi connectivity index (χ1n) is 4.84. The second-order valence-electron chi connectivity index (χ2n) is 4.55. The van der Waals surface area contributed by atoms with E-state index in [9.17, 15) is 0 Å². The fourth-order valence-corrected chi connectivity index (χ4v) is 1.22. The van der Waals surface area contributed by atoms with E-state index in [2.05, 4.69) is 36.2 Å². The van der Waals surface area contributed by atoms with Gasteiger partial charge in [-0.3, -0.25) is 0 Å². The first-order chi connectivity index (χ1) is 6.92. The van der Waals surface area contributed by atoms with E-state index in [1.165, 1.54) is 6.21 Å². The summed E-state index contributed by atoms with van der Waals surface area (Å²) in [7, 11) is 0. The van der Waals surface area contributed by atoms with Gasteiger partial charge >= 0.3 is 0 Å². The molecule has 0 bridgehead atoms. The molecule has 1 heterocycles. The van der Waals surface area contributed by atoms with Crippen LogP contribution >= 0.6 is 0 Å². The predicted octanol–water partition coefficient (Wildman–Crippen LogP) is 2.41. The molecule has 1 aromatic rings. The largest absolute Gasteiger partial charge is 0.411 e. The topological polar surface area (TPSA) is 57.5 Å². The van der Waals surface area contributed by atoms with Crippen LogP contribution in [0.25, 0.3) is 0 Å². The number of oxime groups is 1. The van der Waals surface area contributed by atoms with Crippen LogP contribution in [0.5, 0.6) is 0 Å². The number of aromatic nitrogens is 1. The number of hydrogen-bond donors (Lipinski definition) is 2. The highest BCUT2D eigenvalue weighted by Crippen LogP contribution is 2.14. The van der Waals surface area contributed by atoms with E-state index in [4.69, 9.17) is 5.21 Å². The van der Waals surface area contributed by atoms with E-state index in [-0.39, 0.29) is 5.54 Å². The highest BCUT2D eigenvalue weighted by Gasteiger charge is 2.10. The number of anilines is 1. The molecule has 0 fully saturated rings. The molecular formula is C11H17N3O. The van der Waals surface area contributed by atoms with Crippen molar-refractivity contribution in [3.63, 3.8) is 0 Å². The van der Waals surface area contributed by atoms with Crippen LogP contribution in [0.1, 0.15) is 31.9 Å². The molecule has 0 amide bonds. The molecule has 15 heavy (non-hydrogen) atoms.